The summed E-state index contributed by atoms with van der Waals surface area (Å²) in [6.07, 6.45) is -0.775. The average Bonchev–Trinajstić information content (AvgIpc) is 2.27. The third kappa shape index (κ3) is 5.76. The van der Waals surface area contributed by atoms with E-state index in [1.807, 2.05) is 18.2 Å². The number of benzene rings is 1. The van der Waals surface area contributed by atoms with Crippen molar-refractivity contribution >= 4 is 46.6 Å². The van der Waals surface area contributed by atoms with E-state index in [-0.39, 0.29) is 12.8 Å². The number of alkyl carbamates (subject to hydrolysis) is 1. The van der Waals surface area contributed by atoms with Gasteiger partial charge in [-0.3, -0.25) is 0 Å². The smallest absolute Gasteiger partial charge is 0.408 e. The molecule has 106 valence electrons. The molecule has 0 aliphatic rings. The number of amides is 1. The minimum absolute atomic E-state index is 0.0199. The van der Waals surface area contributed by atoms with Crippen LogP contribution >= 0.6 is 34.8 Å². The maximum atomic E-state index is 11.4. The van der Waals surface area contributed by atoms with Gasteiger partial charge in [0, 0.05) is 5.69 Å². The summed E-state index contributed by atoms with van der Waals surface area (Å²) in [6.45, 7) is 3.53. The zero-order valence-electron chi connectivity index (χ0n) is 10.6. The number of nitrogens with one attached hydrogen (secondary N) is 1. The molecule has 1 amide bonds. The first-order valence-corrected chi connectivity index (χ1v) is 6.78. The van der Waals surface area contributed by atoms with E-state index in [1.54, 1.807) is 26.0 Å². The molecule has 0 fully saturated rings. The van der Waals surface area contributed by atoms with Crippen molar-refractivity contribution in [2.24, 2.45) is 0 Å². The van der Waals surface area contributed by atoms with Crippen molar-refractivity contribution in [3.63, 3.8) is 0 Å². The number of nitrogens with zero attached hydrogens (tertiary/aromatic N) is 1. The first kappa shape index (κ1) is 16.2. The maximum Gasteiger partial charge on any atom is 0.408 e. The summed E-state index contributed by atoms with van der Waals surface area (Å²) in [5.41, 5.74) is 0.673. The van der Waals surface area contributed by atoms with Crippen molar-refractivity contribution in [1.82, 2.24) is 5.32 Å². The number of hydrogen-bond acceptors (Lipinski definition) is 3. The van der Waals surface area contributed by atoms with E-state index in [0.29, 0.717) is 5.69 Å². The molecule has 0 saturated heterocycles. The largest absolute Gasteiger partial charge is 0.447 e. The van der Waals surface area contributed by atoms with Crippen LogP contribution in [0.1, 0.15) is 13.8 Å². The summed E-state index contributed by atoms with van der Waals surface area (Å²) in [4.78, 5) is 12.8. The highest BCUT2D eigenvalue weighted by Gasteiger charge is 2.30. The first-order valence-electron chi connectivity index (χ1n) is 5.64. The van der Waals surface area contributed by atoms with Crippen LogP contribution in [0.25, 0.3) is 0 Å². The minimum Gasteiger partial charge on any atom is -0.447 e. The number of rotatable bonds is 4. The maximum absolute atomic E-state index is 11.4. The summed E-state index contributed by atoms with van der Waals surface area (Å²) in [6, 6.07) is 9.02. The van der Waals surface area contributed by atoms with Gasteiger partial charge >= 0.3 is 6.09 Å². The Bertz CT molecular complexity index is 407. The SMILES string of the molecule is CC(C)OC(=O)NCN(c1ccccc1)C(Cl)(Cl)Cl. The standard InChI is InChI=1S/C12H15Cl3N2O2/c1-9(2)19-11(18)16-8-17(12(13,14)15)10-6-4-3-5-7-10/h3-7,9H,8H2,1-2H3,(H,16,18). The van der Waals surface area contributed by atoms with Gasteiger partial charge < -0.3 is 15.0 Å². The summed E-state index contributed by atoms with van der Waals surface area (Å²) < 4.78 is 3.27. The zero-order chi connectivity index (χ0) is 14.5. The molecule has 0 aromatic heterocycles. The fourth-order valence-corrected chi connectivity index (χ4v) is 1.81. The van der Waals surface area contributed by atoms with Crippen LogP contribution < -0.4 is 10.2 Å². The van der Waals surface area contributed by atoms with Gasteiger partial charge in [-0.2, -0.15) is 0 Å². The van der Waals surface area contributed by atoms with Crippen molar-refractivity contribution in [2.45, 2.75) is 23.9 Å². The number of halogens is 3. The highest BCUT2D eigenvalue weighted by molar-refractivity contribution is 6.68. The molecule has 1 aromatic rings. The van der Waals surface area contributed by atoms with E-state index >= 15 is 0 Å². The molecule has 4 nitrogen and oxygen atoms in total. The van der Waals surface area contributed by atoms with Crippen LogP contribution in [0, 0.1) is 0 Å². The molecule has 0 bridgehead atoms. The van der Waals surface area contributed by atoms with Crippen LogP contribution in [0.4, 0.5) is 10.5 Å². The lowest BCUT2D eigenvalue weighted by molar-refractivity contribution is 0.115. The van der Waals surface area contributed by atoms with Gasteiger partial charge in [-0.05, 0) is 26.0 Å². The number of carbonyl (C=O) groups excluding carboxylic acids is 1. The molecule has 19 heavy (non-hydrogen) atoms. The molecule has 1 rings (SSSR count). The number of carbonyl (C=O) groups is 1. The predicted octanol–water partition coefficient (Wildman–Crippen LogP) is 3.91. The number of anilines is 1. The first-order chi connectivity index (χ1) is 8.80. The molecule has 0 saturated carbocycles. The average molecular weight is 326 g/mol. The fourth-order valence-electron chi connectivity index (χ4n) is 1.33. The van der Waals surface area contributed by atoms with Crippen LogP contribution in [0.15, 0.2) is 30.3 Å². The molecule has 0 heterocycles. The molecular formula is C12H15Cl3N2O2. The number of ether oxygens (including phenoxy) is 1. The molecule has 0 aliphatic carbocycles. The van der Waals surface area contributed by atoms with E-state index in [2.05, 4.69) is 5.32 Å². The van der Waals surface area contributed by atoms with Crippen molar-refractivity contribution in [3.8, 4) is 0 Å². The highest BCUT2D eigenvalue weighted by atomic mass is 35.6. The second-order valence-electron chi connectivity index (χ2n) is 4.02. The Balaban J connectivity index is 2.70. The monoisotopic (exact) mass is 324 g/mol. The fraction of sp³-hybridized carbons (Fsp3) is 0.417. The highest BCUT2D eigenvalue weighted by Crippen LogP contribution is 2.34. The Morgan fingerprint density at radius 1 is 1.32 bits per heavy atom. The van der Waals surface area contributed by atoms with Gasteiger partial charge in [0.05, 0.1) is 12.8 Å². The van der Waals surface area contributed by atoms with Gasteiger partial charge in [0.2, 0.25) is 0 Å². The van der Waals surface area contributed by atoms with Crippen LogP contribution in [0.3, 0.4) is 0 Å². The topological polar surface area (TPSA) is 41.6 Å². The Kier molecular flexibility index (Phi) is 6.04. The lowest BCUT2D eigenvalue weighted by Crippen LogP contribution is -2.44. The van der Waals surface area contributed by atoms with Gasteiger partial charge in [-0.1, -0.05) is 53.0 Å². The van der Waals surface area contributed by atoms with Gasteiger partial charge in [0.25, 0.3) is 3.92 Å². The summed E-state index contributed by atoms with van der Waals surface area (Å²) >= 11 is 17.7. The Hall–Kier alpha value is -0.840. The third-order valence-corrected chi connectivity index (χ3v) is 2.71. The zero-order valence-corrected chi connectivity index (χ0v) is 12.8. The Morgan fingerprint density at radius 3 is 2.37 bits per heavy atom. The minimum atomic E-state index is -1.67. The molecule has 0 radical (unpaired) electrons. The van der Waals surface area contributed by atoms with Crippen molar-refractivity contribution in [2.75, 3.05) is 11.6 Å². The lowest BCUT2D eigenvalue weighted by Gasteiger charge is -2.31. The molecule has 7 heteroatoms. The normalized spacial score (nSPS) is 11.3. The van der Waals surface area contributed by atoms with Crippen LogP contribution in [0.5, 0.6) is 0 Å². The van der Waals surface area contributed by atoms with E-state index in [4.69, 9.17) is 39.5 Å². The van der Waals surface area contributed by atoms with E-state index in [9.17, 15) is 4.79 Å². The van der Waals surface area contributed by atoms with Gasteiger partial charge in [0.1, 0.15) is 0 Å². The van der Waals surface area contributed by atoms with Crippen LogP contribution in [-0.4, -0.2) is 22.8 Å². The molecule has 0 aliphatic heterocycles. The third-order valence-electron chi connectivity index (χ3n) is 2.10. The van der Waals surface area contributed by atoms with Crippen LogP contribution in [-0.2, 0) is 4.74 Å². The number of para-hydroxylation sites is 1. The van der Waals surface area contributed by atoms with E-state index < -0.39 is 10.0 Å². The van der Waals surface area contributed by atoms with Crippen molar-refractivity contribution < 1.29 is 9.53 Å². The quantitative estimate of drug-likeness (QED) is 0.518. The second-order valence-corrected chi connectivity index (χ2v) is 6.24. The van der Waals surface area contributed by atoms with Crippen molar-refractivity contribution in [3.05, 3.63) is 30.3 Å². The molecule has 1 N–H and O–H groups in total. The summed E-state index contributed by atoms with van der Waals surface area (Å²) in [5.74, 6) is 0. The van der Waals surface area contributed by atoms with Gasteiger partial charge in [0.15, 0.2) is 0 Å². The Morgan fingerprint density at radius 2 is 1.89 bits per heavy atom. The second kappa shape index (κ2) is 7.08. The van der Waals surface area contributed by atoms with Gasteiger partial charge in [-0.15, -0.1) is 0 Å². The number of hydrogen-bond donors (Lipinski definition) is 1. The molecule has 0 spiro atoms. The predicted molar refractivity (Wildman–Crippen MR) is 78.8 cm³/mol. The van der Waals surface area contributed by atoms with E-state index in [1.165, 1.54) is 4.90 Å². The molecule has 0 atom stereocenters. The number of alkyl halides is 3. The Labute approximate surface area is 127 Å². The van der Waals surface area contributed by atoms with Crippen molar-refractivity contribution in [1.29, 1.82) is 0 Å². The molecule has 0 unspecified atom stereocenters. The lowest BCUT2D eigenvalue weighted by atomic mass is 10.3. The van der Waals surface area contributed by atoms with E-state index in [0.717, 1.165) is 0 Å². The summed E-state index contributed by atoms with van der Waals surface area (Å²) in [7, 11) is 0. The van der Waals surface area contributed by atoms with Gasteiger partial charge in [-0.25, -0.2) is 4.79 Å². The molecular weight excluding hydrogens is 311 g/mol. The molecule has 1 aromatic carbocycles. The van der Waals surface area contributed by atoms with Crippen LogP contribution in [0.2, 0.25) is 0 Å². The summed E-state index contributed by atoms with van der Waals surface area (Å²) in [5, 5.41) is 2.53.